The average Bonchev–Trinajstić information content (AvgIpc) is 2.81. The van der Waals surface area contributed by atoms with Crippen LogP contribution >= 0.6 is 0 Å². The van der Waals surface area contributed by atoms with Gasteiger partial charge in [-0.25, -0.2) is 9.59 Å². The van der Waals surface area contributed by atoms with Crippen LogP contribution in [-0.4, -0.2) is 50.0 Å². The molecular formula is C20H30O7Si. The Hall–Kier alpha value is -1.90. The fourth-order valence-corrected chi connectivity index (χ4v) is 3.48. The van der Waals surface area contributed by atoms with E-state index in [0.717, 1.165) is 5.56 Å². The Morgan fingerprint density at radius 2 is 1.86 bits per heavy atom. The number of rotatable bonds is 6. The normalized spacial score (nSPS) is 25.3. The molecule has 0 aliphatic carbocycles. The lowest BCUT2D eigenvalue weighted by Gasteiger charge is -2.37. The van der Waals surface area contributed by atoms with E-state index in [0.29, 0.717) is 0 Å². The van der Waals surface area contributed by atoms with E-state index in [1.165, 1.54) is 6.92 Å². The lowest BCUT2D eigenvalue weighted by atomic mass is 9.98. The van der Waals surface area contributed by atoms with Crippen molar-refractivity contribution >= 4 is 20.4 Å². The van der Waals surface area contributed by atoms with E-state index in [1.807, 2.05) is 30.3 Å². The highest BCUT2D eigenvalue weighted by molar-refractivity contribution is 6.74. The van der Waals surface area contributed by atoms with Crippen molar-refractivity contribution in [1.29, 1.82) is 0 Å². The van der Waals surface area contributed by atoms with Gasteiger partial charge in [-0.3, -0.25) is 0 Å². The Balaban J connectivity index is 2.01. The Morgan fingerprint density at radius 3 is 2.43 bits per heavy atom. The first-order valence-electron chi connectivity index (χ1n) is 9.29. The lowest BCUT2D eigenvalue weighted by molar-refractivity contribution is -0.155. The summed E-state index contributed by atoms with van der Waals surface area (Å²) in [6.45, 7) is 11.7. The second-order valence-electron chi connectivity index (χ2n) is 8.73. The van der Waals surface area contributed by atoms with Gasteiger partial charge in [-0.2, -0.15) is 0 Å². The van der Waals surface area contributed by atoms with E-state index in [4.69, 9.17) is 18.6 Å². The van der Waals surface area contributed by atoms with Gasteiger partial charge < -0.3 is 23.7 Å². The number of hydrogen-bond donors (Lipinski definition) is 1. The number of carbonyl (C=O) groups excluding carboxylic acids is 2. The Labute approximate surface area is 167 Å². The molecule has 1 saturated heterocycles. The first-order valence-corrected chi connectivity index (χ1v) is 12.2. The molecule has 2 rings (SSSR count). The van der Waals surface area contributed by atoms with Crippen LogP contribution in [0.1, 0.15) is 33.3 Å². The summed E-state index contributed by atoms with van der Waals surface area (Å²) in [5.74, 6) is -0.850. The zero-order valence-electron chi connectivity index (χ0n) is 17.4. The van der Waals surface area contributed by atoms with Crippen molar-refractivity contribution in [3.8, 4) is 0 Å². The largest absolute Gasteiger partial charge is 0.509 e. The fraction of sp³-hybridized carbons (Fsp3) is 0.600. The van der Waals surface area contributed by atoms with Gasteiger partial charge in [0.2, 0.25) is 0 Å². The molecule has 0 bridgehead atoms. The molecule has 0 saturated carbocycles. The summed E-state index contributed by atoms with van der Waals surface area (Å²) < 4.78 is 21.7. The average molecular weight is 411 g/mol. The van der Waals surface area contributed by atoms with Gasteiger partial charge in [0, 0.05) is 0 Å². The van der Waals surface area contributed by atoms with Gasteiger partial charge in [0.25, 0.3) is 0 Å². The van der Waals surface area contributed by atoms with Crippen molar-refractivity contribution in [2.75, 3.05) is 6.61 Å². The summed E-state index contributed by atoms with van der Waals surface area (Å²) in [5, 5.41) is 10.4. The van der Waals surface area contributed by atoms with Gasteiger partial charge in [0.1, 0.15) is 6.61 Å². The third kappa shape index (κ3) is 5.12. The first-order chi connectivity index (χ1) is 12.8. The van der Waals surface area contributed by atoms with Gasteiger partial charge in [0.15, 0.2) is 26.1 Å². The summed E-state index contributed by atoms with van der Waals surface area (Å²) in [6.07, 6.45) is -3.10. The zero-order valence-corrected chi connectivity index (χ0v) is 18.4. The first kappa shape index (κ1) is 22.4. The van der Waals surface area contributed by atoms with Crippen LogP contribution < -0.4 is 0 Å². The molecule has 1 aliphatic heterocycles. The topological polar surface area (TPSA) is 91.3 Å². The van der Waals surface area contributed by atoms with Crippen LogP contribution in [0.15, 0.2) is 30.3 Å². The lowest BCUT2D eigenvalue weighted by Crippen LogP contribution is -2.49. The molecule has 0 spiro atoms. The standard InChI is InChI=1S/C20H30O7Si/c1-19(2,3)28(5,6)25-13-15-16(20(4,23)17(21)26-15)27-18(22)24-12-14-10-8-7-9-11-14/h7-11,15-16,23H,12-13H2,1-6H3/t15-,16-,20+/m1/s1. The van der Waals surface area contributed by atoms with Crippen LogP contribution in [-0.2, 0) is 30.0 Å². The summed E-state index contributed by atoms with van der Waals surface area (Å²) >= 11 is 0. The van der Waals surface area contributed by atoms with Crippen LogP contribution in [0.25, 0.3) is 0 Å². The Morgan fingerprint density at radius 1 is 1.25 bits per heavy atom. The minimum absolute atomic E-state index is 0.0223. The van der Waals surface area contributed by atoms with Crippen LogP contribution in [0.2, 0.25) is 18.1 Å². The van der Waals surface area contributed by atoms with E-state index in [1.54, 1.807) is 0 Å². The summed E-state index contributed by atoms with van der Waals surface area (Å²) in [6, 6.07) is 9.12. The summed E-state index contributed by atoms with van der Waals surface area (Å²) in [4.78, 5) is 24.2. The van der Waals surface area contributed by atoms with Crippen molar-refractivity contribution in [1.82, 2.24) is 0 Å². The second-order valence-corrected chi connectivity index (χ2v) is 13.5. The molecular weight excluding hydrogens is 380 g/mol. The zero-order chi connectivity index (χ0) is 21.2. The van der Waals surface area contributed by atoms with E-state index in [-0.39, 0.29) is 18.3 Å². The number of carbonyl (C=O) groups is 2. The summed E-state index contributed by atoms with van der Waals surface area (Å²) in [5.41, 5.74) is -1.17. The maximum Gasteiger partial charge on any atom is 0.509 e. The third-order valence-electron chi connectivity index (χ3n) is 5.40. The molecule has 0 aromatic heterocycles. The molecule has 1 N–H and O–H groups in total. The van der Waals surface area contributed by atoms with Gasteiger partial charge in [-0.15, -0.1) is 0 Å². The molecule has 28 heavy (non-hydrogen) atoms. The van der Waals surface area contributed by atoms with Gasteiger partial charge in [0.05, 0.1) is 6.61 Å². The number of cyclic esters (lactones) is 1. The third-order valence-corrected chi connectivity index (χ3v) is 9.90. The monoisotopic (exact) mass is 410 g/mol. The molecule has 1 fully saturated rings. The van der Waals surface area contributed by atoms with E-state index in [2.05, 4.69) is 33.9 Å². The number of esters is 1. The van der Waals surface area contributed by atoms with Crippen LogP contribution in [0.3, 0.4) is 0 Å². The highest BCUT2D eigenvalue weighted by Crippen LogP contribution is 2.38. The molecule has 0 radical (unpaired) electrons. The quantitative estimate of drug-likeness (QED) is 0.567. The maximum absolute atomic E-state index is 12.1. The maximum atomic E-state index is 12.1. The molecule has 7 nitrogen and oxygen atoms in total. The van der Waals surface area contributed by atoms with Crippen LogP contribution in [0.4, 0.5) is 4.79 Å². The van der Waals surface area contributed by atoms with Crippen molar-refractivity contribution < 1.29 is 33.3 Å². The van der Waals surface area contributed by atoms with Crippen molar-refractivity contribution in [3.63, 3.8) is 0 Å². The Bertz CT molecular complexity index is 694. The smallest absolute Gasteiger partial charge is 0.454 e. The van der Waals surface area contributed by atoms with E-state index < -0.39 is 38.3 Å². The Kier molecular flexibility index (Phi) is 6.57. The highest BCUT2D eigenvalue weighted by atomic mass is 28.4. The van der Waals surface area contributed by atoms with Crippen molar-refractivity contribution in [3.05, 3.63) is 35.9 Å². The van der Waals surface area contributed by atoms with Crippen molar-refractivity contribution in [2.24, 2.45) is 0 Å². The number of ether oxygens (including phenoxy) is 3. The molecule has 1 heterocycles. The molecule has 0 unspecified atom stereocenters. The van der Waals surface area contributed by atoms with Gasteiger partial charge in [-0.1, -0.05) is 51.1 Å². The van der Waals surface area contributed by atoms with Gasteiger partial charge in [-0.05, 0) is 30.6 Å². The molecule has 1 aromatic rings. The fourth-order valence-electron chi connectivity index (χ4n) is 2.47. The summed E-state index contributed by atoms with van der Waals surface area (Å²) in [7, 11) is -2.11. The molecule has 156 valence electrons. The molecule has 1 aliphatic rings. The number of aliphatic hydroxyl groups is 1. The number of hydrogen-bond acceptors (Lipinski definition) is 7. The minimum Gasteiger partial charge on any atom is -0.454 e. The number of benzene rings is 1. The van der Waals surface area contributed by atoms with Crippen LogP contribution in [0, 0.1) is 0 Å². The predicted molar refractivity (Wildman–Crippen MR) is 105 cm³/mol. The molecule has 0 amide bonds. The SMILES string of the molecule is CC(C)(C)[Si](C)(C)OC[C@H]1OC(=O)[C@@](C)(O)[C@@H]1OC(=O)OCc1ccccc1. The highest BCUT2D eigenvalue weighted by Gasteiger charge is 2.57. The second kappa shape index (κ2) is 8.22. The van der Waals surface area contributed by atoms with Crippen LogP contribution in [0.5, 0.6) is 0 Å². The molecule has 8 heteroatoms. The molecule has 3 atom stereocenters. The van der Waals surface area contributed by atoms with E-state index in [9.17, 15) is 14.7 Å². The predicted octanol–water partition coefficient (Wildman–Crippen LogP) is 3.41. The molecule has 1 aromatic carbocycles. The minimum atomic E-state index is -2.11. The van der Waals surface area contributed by atoms with E-state index >= 15 is 0 Å². The van der Waals surface area contributed by atoms with Gasteiger partial charge >= 0.3 is 12.1 Å². The van der Waals surface area contributed by atoms with Crippen molar-refractivity contribution in [2.45, 2.75) is 70.2 Å².